The van der Waals surface area contributed by atoms with Crippen LogP contribution >= 0.6 is 0 Å². The van der Waals surface area contributed by atoms with Crippen LogP contribution in [0.4, 0.5) is 0 Å². The quantitative estimate of drug-likeness (QED) is 0.0733. The lowest BCUT2D eigenvalue weighted by Gasteiger charge is -2.32. The number of esters is 2. The number of ether oxygens (including phenoxy) is 6. The van der Waals surface area contributed by atoms with Gasteiger partial charge in [-0.3, -0.25) is 47.8 Å². The summed E-state index contributed by atoms with van der Waals surface area (Å²) < 4.78 is 91.9. The third-order valence-corrected chi connectivity index (χ3v) is 26.1. The van der Waals surface area contributed by atoms with Crippen molar-refractivity contribution in [1.29, 1.82) is 0 Å². The molecule has 0 unspecified atom stereocenters. The van der Waals surface area contributed by atoms with Crippen molar-refractivity contribution < 1.29 is 83.6 Å². The number of ketones is 2. The summed E-state index contributed by atoms with van der Waals surface area (Å²) in [6.07, 6.45) is 16.4. The number of Topliss-reactive ketones (excluding diaryl/α,β-unsaturated/α-hetero) is 2. The Balaban J connectivity index is 0.000000213. The van der Waals surface area contributed by atoms with Gasteiger partial charge in [-0.05, 0) is 173 Å². The molecule has 2 aromatic carbocycles. The van der Waals surface area contributed by atoms with E-state index in [1.165, 1.54) is 9.80 Å². The van der Waals surface area contributed by atoms with Crippen LogP contribution in [0.3, 0.4) is 0 Å². The summed E-state index contributed by atoms with van der Waals surface area (Å²) in [6.45, 7) is 21.3. The van der Waals surface area contributed by atoms with Crippen molar-refractivity contribution >= 4 is 88.7 Å². The Morgan fingerprint density at radius 1 is 0.551 bits per heavy atom. The first kappa shape index (κ1) is 80.0. The zero-order valence-electron chi connectivity index (χ0n) is 64.0. The van der Waals surface area contributed by atoms with Crippen LogP contribution in [-0.4, -0.2) is 157 Å². The number of fused-ring (bicyclic) bond motifs is 6. The van der Waals surface area contributed by atoms with E-state index < -0.39 is 112 Å². The first-order valence-corrected chi connectivity index (χ1v) is 41.4. The number of aromatic nitrogens is 2. The summed E-state index contributed by atoms with van der Waals surface area (Å²) in [5.74, 6) is -4.00. The summed E-state index contributed by atoms with van der Waals surface area (Å²) in [5, 5.41) is 1.84. The first-order valence-electron chi connectivity index (χ1n) is 38.3. The molecular formula is C81H108N6O18S2. The van der Waals surface area contributed by atoms with Crippen molar-refractivity contribution in [3.63, 3.8) is 0 Å². The van der Waals surface area contributed by atoms with Crippen LogP contribution in [0.5, 0.6) is 23.3 Å². The van der Waals surface area contributed by atoms with Gasteiger partial charge in [-0.25, -0.2) is 26.8 Å². The van der Waals surface area contributed by atoms with E-state index in [1.807, 2.05) is 93.6 Å². The molecule has 0 bridgehead atoms. The highest BCUT2D eigenvalue weighted by Gasteiger charge is 2.63. The van der Waals surface area contributed by atoms with E-state index >= 15 is 0 Å². The van der Waals surface area contributed by atoms with E-state index in [9.17, 15) is 55.2 Å². The fourth-order valence-corrected chi connectivity index (χ4v) is 19.1. The summed E-state index contributed by atoms with van der Waals surface area (Å²) in [5.41, 5.74) is -3.98. The van der Waals surface area contributed by atoms with Crippen LogP contribution in [0.1, 0.15) is 192 Å². The van der Waals surface area contributed by atoms with E-state index in [-0.39, 0.29) is 111 Å². The molecule has 4 aliphatic carbocycles. The van der Waals surface area contributed by atoms with Gasteiger partial charge in [0.1, 0.15) is 34.9 Å². The molecule has 2 aromatic heterocycles. The molecule has 4 saturated carbocycles. The lowest BCUT2D eigenvalue weighted by Crippen LogP contribution is -2.47. The minimum atomic E-state index is -3.85. The van der Waals surface area contributed by atoms with E-state index in [0.717, 1.165) is 41.8 Å². The smallest absolute Gasteiger partial charge is 0.307 e. The molecule has 12 rings (SSSR count). The number of amides is 4. The Morgan fingerprint density at radius 3 is 1.31 bits per heavy atom. The van der Waals surface area contributed by atoms with Crippen LogP contribution in [0.25, 0.3) is 21.5 Å². The van der Waals surface area contributed by atoms with Crippen molar-refractivity contribution in [1.82, 2.24) is 29.2 Å². The molecule has 14 atom stereocenters. The molecule has 6 fully saturated rings. The Morgan fingerprint density at radius 2 is 0.935 bits per heavy atom. The molecule has 4 amide bonds. The topological polar surface area (TPSA) is 317 Å². The number of methoxy groups -OCH3 is 1. The summed E-state index contributed by atoms with van der Waals surface area (Å²) in [4.78, 5) is 125. The molecule has 107 heavy (non-hydrogen) atoms. The van der Waals surface area contributed by atoms with E-state index in [0.29, 0.717) is 86.6 Å². The Kier molecular flexibility index (Phi) is 24.1. The minimum absolute atomic E-state index is 0.0585. The minimum Gasteiger partial charge on any atom is -0.494 e. The van der Waals surface area contributed by atoms with Gasteiger partial charge in [-0.2, -0.15) is 0 Å². The maximum Gasteiger partial charge on any atom is 0.307 e. The molecule has 8 aliphatic rings. The highest BCUT2D eigenvalue weighted by Crippen LogP contribution is 2.59. The van der Waals surface area contributed by atoms with E-state index in [4.69, 9.17) is 28.4 Å². The van der Waals surface area contributed by atoms with Gasteiger partial charge in [-0.15, -0.1) is 0 Å². The SMILES string of the molecule is CCOc1cnc(O[C@@H]2C[C@H]3C(=O)C[C@]4(C(=O)NS(=O)(=O)C5CC5)C[C@H]4/C=C\CC[C@H](C)C[C@@H](C)[C@H](CC(=O)OC(C)(C)C)C(=O)N3C2)c2ccccc12.COc1cnc(O[C@@H]2C[C@H]3C(=O)C[C@]4(C(=O)NS(=O)(=O)C5CC5)C[C@H]4/C=C\CC[C@@H](C)C[C@@H](C)[C@H](CC(=O)OC(C)(C)C)C(=O)N3C2)c2ccccc12. The van der Waals surface area contributed by atoms with Crippen molar-refractivity contribution in [2.24, 2.45) is 58.2 Å². The second-order valence-electron chi connectivity index (χ2n) is 33.6. The number of nitrogens with zero attached hydrogens (tertiary/aromatic N) is 4. The number of carbonyl (C=O) groups is 8. The molecule has 4 aliphatic heterocycles. The fraction of sp³-hybridized carbons (Fsp3) is 0.630. The van der Waals surface area contributed by atoms with Crippen LogP contribution in [0, 0.1) is 58.2 Å². The zero-order chi connectivity index (χ0) is 77.3. The number of hydrogen-bond acceptors (Lipinski definition) is 20. The Hall–Kier alpha value is -8.00. The number of allylic oxidation sites excluding steroid dienone is 4. The third kappa shape index (κ3) is 19.2. The normalized spacial score (nSPS) is 30.2. The molecule has 26 heteroatoms. The number of pyridine rings is 2. The Labute approximate surface area is 629 Å². The van der Waals surface area contributed by atoms with Gasteiger partial charge in [0.15, 0.2) is 11.6 Å². The Bertz CT molecular complexity index is 4330. The van der Waals surface area contributed by atoms with Gasteiger partial charge < -0.3 is 38.2 Å². The largest absolute Gasteiger partial charge is 0.494 e. The number of sulfonamides is 2. The summed E-state index contributed by atoms with van der Waals surface area (Å²) in [6, 6.07) is 13.1. The van der Waals surface area contributed by atoms with Gasteiger partial charge in [0.25, 0.3) is 0 Å². The van der Waals surface area contributed by atoms with E-state index in [1.54, 1.807) is 61.0 Å². The van der Waals surface area contributed by atoms with Crippen LogP contribution < -0.4 is 28.4 Å². The molecule has 0 radical (unpaired) electrons. The molecule has 4 aromatic rings. The monoisotopic (exact) mass is 1520 g/mol. The van der Waals surface area contributed by atoms with Crippen molar-refractivity contribution in [2.75, 3.05) is 26.8 Å². The number of nitrogens with one attached hydrogen (secondary N) is 2. The van der Waals surface area contributed by atoms with Gasteiger partial charge >= 0.3 is 11.9 Å². The molecule has 2 saturated heterocycles. The fourth-order valence-electron chi connectivity index (χ4n) is 16.3. The lowest BCUT2D eigenvalue weighted by atomic mass is 9.82. The molecule has 24 nitrogen and oxygen atoms in total. The second kappa shape index (κ2) is 32.3. The van der Waals surface area contributed by atoms with Gasteiger partial charge in [0.05, 0.1) is 97.3 Å². The highest BCUT2D eigenvalue weighted by molar-refractivity contribution is 7.91. The molecule has 0 spiro atoms. The average Bonchev–Trinajstić information content (AvgIpc) is 1.58. The maximum atomic E-state index is 14.8. The molecular weight excluding hydrogens is 1410 g/mol. The standard InChI is InChI=1S/C41H55N3O9S.C40H53N3O9S/c1-7-51-35-23-42-37(31-15-11-10-14-30(31)35)52-28-19-33-34(45)22-41(39(48)43-54(49,50)29-16-17-29)21-27(41)13-9-8-12-25(2)18-26(3)32(38(47)44(33)24-28)20-36(46)53-40(4,5)6;1-24-11-7-8-12-26-20-40(26,38(47)42-53(48,49)28-15-16-28)21-33(44)32-18-27(51-36-30-14-10-9-13-29(30)34(50-6)22-41-36)23-43(32)37(46)31(25(2)17-24)19-35(45)52-39(3,4)5/h9-11,13-15,23,25-29,32-33H,7-8,12,16-22,24H2,1-6H3,(H,43,48);8-10,12-14,22,24-28,31-32H,7,11,15-21,23H2,1-6H3,(H,42,47)/b13-9-;12-8-/t25-,26+,27+,28+,32-,33-,41+;24-,25-,26-,27-,31+,32+,40-/m01/s1. The van der Waals surface area contributed by atoms with E-state index in [2.05, 4.69) is 33.3 Å². The van der Waals surface area contributed by atoms with Gasteiger partial charge in [0.2, 0.25) is 55.4 Å². The predicted octanol–water partition coefficient (Wildman–Crippen LogP) is 11.4. The van der Waals surface area contributed by atoms with Crippen LogP contribution in [0.15, 0.2) is 85.2 Å². The maximum absolute atomic E-state index is 14.8. The van der Waals surface area contributed by atoms with Crippen LogP contribution in [0.2, 0.25) is 0 Å². The van der Waals surface area contributed by atoms with Crippen molar-refractivity contribution in [3.8, 4) is 23.3 Å². The number of hydrogen-bond donors (Lipinski definition) is 2. The molecule has 582 valence electrons. The van der Waals surface area contributed by atoms with Crippen LogP contribution in [-0.2, 0) is 67.9 Å². The zero-order valence-corrected chi connectivity index (χ0v) is 65.6. The lowest BCUT2D eigenvalue weighted by molar-refractivity contribution is -0.160. The molecule has 2 N–H and O–H groups in total. The number of carbonyl (C=O) groups excluding carboxylic acids is 8. The highest BCUT2D eigenvalue weighted by atomic mass is 32.2. The van der Waals surface area contributed by atoms with Crippen molar-refractivity contribution in [3.05, 3.63) is 85.2 Å². The third-order valence-electron chi connectivity index (χ3n) is 22.5. The van der Waals surface area contributed by atoms with Gasteiger partial charge in [0, 0.05) is 47.2 Å². The number of benzene rings is 2. The first-order chi connectivity index (χ1) is 50.5. The second-order valence-corrected chi connectivity index (χ2v) is 37.5. The summed E-state index contributed by atoms with van der Waals surface area (Å²) in [7, 11) is -6.13. The van der Waals surface area contributed by atoms with Gasteiger partial charge in [-0.1, -0.05) is 88.4 Å². The summed E-state index contributed by atoms with van der Waals surface area (Å²) >= 11 is 0. The number of rotatable bonds is 17. The average molecular weight is 1520 g/mol. The van der Waals surface area contributed by atoms with Crippen molar-refractivity contribution in [2.45, 2.75) is 238 Å². The molecule has 6 heterocycles. The predicted molar refractivity (Wildman–Crippen MR) is 401 cm³/mol.